The minimum atomic E-state index is -0.199. The average Bonchev–Trinajstić information content (AvgIpc) is 2.52. The van der Waals surface area contributed by atoms with Gasteiger partial charge in [-0.3, -0.25) is 15.0 Å². The fraction of sp³-hybridized carbons (Fsp3) is 0.444. The highest BCUT2D eigenvalue weighted by Crippen LogP contribution is 2.39. The molecule has 0 saturated carbocycles. The van der Waals surface area contributed by atoms with E-state index in [1.54, 1.807) is 0 Å². The summed E-state index contributed by atoms with van der Waals surface area (Å²) in [6.07, 6.45) is 6.22. The van der Waals surface area contributed by atoms with Crippen LogP contribution >= 0.6 is 0 Å². The van der Waals surface area contributed by atoms with Gasteiger partial charge in [-0.2, -0.15) is 0 Å². The van der Waals surface area contributed by atoms with Crippen molar-refractivity contribution in [2.24, 2.45) is 5.92 Å². The van der Waals surface area contributed by atoms with Crippen molar-refractivity contribution in [3.05, 3.63) is 69.3 Å². The van der Waals surface area contributed by atoms with Gasteiger partial charge in [0.05, 0.1) is 0 Å². The summed E-state index contributed by atoms with van der Waals surface area (Å²) in [7, 11) is 0. The number of likely N-dealkylation sites (tertiary alicyclic amines) is 1. The maximum atomic E-state index is 10.9. The summed E-state index contributed by atoms with van der Waals surface area (Å²) >= 11 is 0. The van der Waals surface area contributed by atoms with Crippen molar-refractivity contribution in [3.8, 4) is 0 Å². The zero-order valence-electron chi connectivity index (χ0n) is 12.9. The Kier molecular flexibility index (Phi) is 4.39. The van der Waals surface area contributed by atoms with E-state index in [1.807, 2.05) is 6.07 Å². The van der Waals surface area contributed by atoms with Gasteiger partial charge in [0, 0.05) is 35.5 Å². The van der Waals surface area contributed by atoms with Crippen LogP contribution in [0.1, 0.15) is 25.3 Å². The van der Waals surface area contributed by atoms with E-state index in [0.717, 1.165) is 31.5 Å². The third-order valence-electron chi connectivity index (χ3n) is 4.87. The Bertz CT molecular complexity index is 607. The molecule has 2 aliphatic rings. The Morgan fingerprint density at radius 3 is 2.82 bits per heavy atom. The van der Waals surface area contributed by atoms with E-state index < -0.39 is 0 Å². The van der Waals surface area contributed by atoms with E-state index in [1.165, 1.54) is 11.1 Å². The number of piperidine rings is 1. The molecule has 1 fully saturated rings. The van der Waals surface area contributed by atoms with Gasteiger partial charge in [0.1, 0.15) is 0 Å². The minimum absolute atomic E-state index is 0.00654. The highest BCUT2D eigenvalue weighted by Gasteiger charge is 2.36. The van der Waals surface area contributed by atoms with Gasteiger partial charge in [-0.15, -0.1) is 0 Å². The van der Waals surface area contributed by atoms with Gasteiger partial charge in [-0.05, 0) is 25.3 Å². The smallest absolute Gasteiger partial charge is 0.225 e. The highest BCUT2D eigenvalue weighted by molar-refractivity contribution is 5.29. The summed E-state index contributed by atoms with van der Waals surface area (Å²) < 4.78 is 0. The zero-order chi connectivity index (χ0) is 15.5. The predicted molar refractivity (Wildman–Crippen MR) is 87.1 cm³/mol. The number of nitrogens with zero attached hydrogens (tertiary/aromatic N) is 2. The molecule has 0 spiro atoms. The minimum Gasteiger partial charge on any atom is -0.292 e. The van der Waals surface area contributed by atoms with Crippen molar-refractivity contribution in [1.29, 1.82) is 0 Å². The van der Waals surface area contributed by atoms with Crippen molar-refractivity contribution < 1.29 is 4.92 Å². The fourth-order valence-corrected chi connectivity index (χ4v) is 3.73. The monoisotopic (exact) mass is 298 g/mol. The van der Waals surface area contributed by atoms with Crippen LogP contribution < -0.4 is 0 Å². The second-order valence-electron chi connectivity index (χ2n) is 6.20. The molecule has 1 aliphatic heterocycles. The van der Waals surface area contributed by atoms with Crippen LogP contribution in [-0.4, -0.2) is 29.0 Å². The molecule has 0 radical (unpaired) electrons. The van der Waals surface area contributed by atoms with Crippen molar-refractivity contribution in [1.82, 2.24) is 4.90 Å². The summed E-state index contributed by atoms with van der Waals surface area (Å²) in [6, 6.07) is 11.0. The molecule has 1 aliphatic carbocycles. The maximum absolute atomic E-state index is 10.9. The van der Waals surface area contributed by atoms with Crippen LogP contribution in [0.15, 0.2) is 53.6 Å². The molecule has 1 heterocycles. The van der Waals surface area contributed by atoms with Gasteiger partial charge in [0.2, 0.25) is 6.54 Å². The van der Waals surface area contributed by atoms with Gasteiger partial charge in [-0.25, -0.2) is 0 Å². The van der Waals surface area contributed by atoms with Gasteiger partial charge >= 0.3 is 0 Å². The largest absolute Gasteiger partial charge is 0.292 e. The first kappa shape index (κ1) is 15.0. The first-order valence-corrected chi connectivity index (χ1v) is 7.91. The lowest BCUT2D eigenvalue weighted by atomic mass is 9.75. The first-order valence-electron chi connectivity index (χ1n) is 7.91. The lowest BCUT2D eigenvalue weighted by Crippen LogP contribution is -2.46. The number of rotatable bonds is 4. The van der Waals surface area contributed by atoms with E-state index in [-0.39, 0.29) is 17.4 Å². The van der Waals surface area contributed by atoms with Crippen LogP contribution in [0.5, 0.6) is 0 Å². The van der Waals surface area contributed by atoms with Crippen molar-refractivity contribution in [2.45, 2.75) is 32.4 Å². The van der Waals surface area contributed by atoms with Gasteiger partial charge in [0.25, 0.3) is 0 Å². The number of hydrogen-bond donors (Lipinski definition) is 0. The van der Waals surface area contributed by atoms with Gasteiger partial charge < -0.3 is 0 Å². The standard InChI is InChI=1S/C18H22N2O2/c1-2-15-12-19(11-14-6-4-3-5-7-14)17-9-8-16(13-20(21)22)18(15)10-17/h2-8,17-18H,9-13H2,1H3/b15-2+. The third-order valence-corrected chi connectivity index (χ3v) is 4.87. The molecule has 1 saturated heterocycles. The summed E-state index contributed by atoms with van der Waals surface area (Å²) in [5.41, 5.74) is 3.67. The number of nitro groups is 1. The SMILES string of the molecule is C/C=C1\CN(Cc2ccccc2)C2CC=C(C[N+](=O)[O-])C1C2. The molecule has 22 heavy (non-hydrogen) atoms. The molecule has 2 unspecified atom stereocenters. The third kappa shape index (κ3) is 3.12. The second kappa shape index (κ2) is 6.44. The number of benzene rings is 1. The number of allylic oxidation sites excluding steroid dienone is 1. The molecule has 2 atom stereocenters. The maximum Gasteiger partial charge on any atom is 0.225 e. The fourth-order valence-electron chi connectivity index (χ4n) is 3.73. The topological polar surface area (TPSA) is 46.4 Å². The normalized spacial score (nSPS) is 26.8. The molecule has 4 nitrogen and oxygen atoms in total. The highest BCUT2D eigenvalue weighted by atomic mass is 16.6. The van der Waals surface area contributed by atoms with Gasteiger partial charge in [-0.1, -0.05) is 48.1 Å². The van der Waals surface area contributed by atoms with E-state index in [2.05, 4.69) is 48.2 Å². The lowest BCUT2D eigenvalue weighted by molar-refractivity contribution is -0.471. The van der Waals surface area contributed by atoms with E-state index in [9.17, 15) is 10.1 Å². The zero-order valence-corrected chi connectivity index (χ0v) is 12.9. The summed E-state index contributed by atoms with van der Waals surface area (Å²) in [5, 5.41) is 10.9. The lowest BCUT2D eigenvalue weighted by Gasteiger charge is -2.44. The molecule has 4 heteroatoms. The quantitative estimate of drug-likeness (QED) is 0.486. The number of hydrogen-bond acceptors (Lipinski definition) is 3. The number of fused-ring (bicyclic) bond motifs is 2. The Labute approximate surface area is 131 Å². The molecule has 1 aromatic rings. The Morgan fingerprint density at radius 2 is 2.14 bits per heavy atom. The van der Waals surface area contributed by atoms with Crippen LogP contribution in [0.3, 0.4) is 0 Å². The molecular formula is C18H22N2O2. The molecule has 3 rings (SSSR count). The van der Waals surface area contributed by atoms with Crippen LogP contribution in [-0.2, 0) is 6.54 Å². The molecule has 0 N–H and O–H groups in total. The molecule has 1 aromatic carbocycles. The van der Waals surface area contributed by atoms with Crippen molar-refractivity contribution in [2.75, 3.05) is 13.1 Å². The molecular weight excluding hydrogens is 276 g/mol. The van der Waals surface area contributed by atoms with Crippen molar-refractivity contribution >= 4 is 0 Å². The summed E-state index contributed by atoms with van der Waals surface area (Å²) in [4.78, 5) is 13.2. The van der Waals surface area contributed by atoms with Crippen molar-refractivity contribution in [3.63, 3.8) is 0 Å². The Morgan fingerprint density at radius 1 is 1.36 bits per heavy atom. The Balaban J connectivity index is 1.79. The molecule has 0 aromatic heterocycles. The summed E-state index contributed by atoms with van der Waals surface area (Å²) in [6.45, 7) is 3.92. The second-order valence-corrected chi connectivity index (χ2v) is 6.20. The van der Waals surface area contributed by atoms with E-state index in [4.69, 9.17) is 0 Å². The van der Waals surface area contributed by atoms with Crippen LogP contribution in [0.25, 0.3) is 0 Å². The van der Waals surface area contributed by atoms with E-state index in [0.29, 0.717) is 6.04 Å². The molecule has 0 amide bonds. The first-order chi connectivity index (χ1) is 10.7. The van der Waals surface area contributed by atoms with E-state index >= 15 is 0 Å². The predicted octanol–water partition coefficient (Wildman–Crippen LogP) is 3.43. The molecule has 2 bridgehead atoms. The summed E-state index contributed by atoms with van der Waals surface area (Å²) in [5.74, 6) is 0.279. The Hall–Kier alpha value is -1.94. The molecule has 116 valence electrons. The van der Waals surface area contributed by atoms with Gasteiger partial charge in [0.15, 0.2) is 0 Å². The van der Waals surface area contributed by atoms with Crippen LogP contribution in [0.2, 0.25) is 0 Å². The van der Waals surface area contributed by atoms with Crippen LogP contribution in [0.4, 0.5) is 0 Å². The van der Waals surface area contributed by atoms with Crippen LogP contribution in [0, 0.1) is 16.0 Å². The average molecular weight is 298 g/mol.